The van der Waals surface area contributed by atoms with Crippen LogP contribution in [0.1, 0.15) is 24.2 Å². The summed E-state index contributed by atoms with van der Waals surface area (Å²) in [5.74, 6) is -0.421. The molecule has 0 aliphatic heterocycles. The SMILES string of the molecule is CCN(CC)CCNC(=O)CNC(=O)c1ccc(-c2ccccc2)cc1. The molecule has 0 aromatic heterocycles. The Balaban J connectivity index is 1.78. The second-order valence-corrected chi connectivity index (χ2v) is 6.00. The van der Waals surface area contributed by atoms with Gasteiger partial charge in [-0.25, -0.2) is 0 Å². The first-order valence-corrected chi connectivity index (χ1v) is 9.06. The summed E-state index contributed by atoms with van der Waals surface area (Å²) in [5.41, 5.74) is 2.70. The second-order valence-electron chi connectivity index (χ2n) is 6.00. The monoisotopic (exact) mass is 353 g/mol. The molecule has 5 nitrogen and oxygen atoms in total. The van der Waals surface area contributed by atoms with Crippen LogP contribution in [0.4, 0.5) is 0 Å². The van der Waals surface area contributed by atoms with Gasteiger partial charge in [0.25, 0.3) is 5.91 Å². The molecule has 26 heavy (non-hydrogen) atoms. The van der Waals surface area contributed by atoms with Gasteiger partial charge in [-0.3, -0.25) is 9.59 Å². The number of nitrogens with zero attached hydrogens (tertiary/aromatic N) is 1. The third kappa shape index (κ3) is 6.01. The van der Waals surface area contributed by atoms with Gasteiger partial charge >= 0.3 is 0 Å². The van der Waals surface area contributed by atoms with Gasteiger partial charge in [-0.15, -0.1) is 0 Å². The minimum absolute atomic E-state index is 0.0163. The number of rotatable bonds is 9. The Bertz CT molecular complexity index is 695. The van der Waals surface area contributed by atoms with E-state index in [0.717, 1.165) is 30.8 Å². The maximum Gasteiger partial charge on any atom is 0.251 e. The molecule has 0 saturated heterocycles. The zero-order chi connectivity index (χ0) is 18.8. The number of benzene rings is 2. The van der Waals surface area contributed by atoms with Gasteiger partial charge in [-0.1, -0.05) is 56.3 Å². The Labute approximate surface area is 155 Å². The minimum atomic E-state index is -0.247. The summed E-state index contributed by atoms with van der Waals surface area (Å²) in [6, 6.07) is 17.4. The quantitative estimate of drug-likeness (QED) is 0.728. The van der Waals surface area contributed by atoms with Crippen molar-refractivity contribution in [3.63, 3.8) is 0 Å². The lowest BCUT2D eigenvalue weighted by Gasteiger charge is -2.18. The normalized spacial score (nSPS) is 10.6. The van der Waals surface area contributed by atoms with Crippen molar-refractivity contribution in [1.29, 1.82) is 0 Å². The van der Waals surface area contributed by atoms with Gasteiger partial charge in [0.2, 0.25) is 5.91 Å². The number of hydrogen-bond donors (Lipinski definition) is 2. The number of likely N-dealkylation sites (N-methyl/N-ethyl adjacent to an activating group) is 1. The van der Waals surface area contributed by atoms with Crippen molar-refractivity contribution in [2.75, 3.05) is 32.7 Å². The van der Waals surface area contributed by atoms with Gasteiger partial charge in [0.1, 0.15) is 0 Å². The van der Waals surface area contributed by atoms with E-state index in [2.05, 4.69) is 29.4 Å². The van der Waals surface area contributed by atoms with Crippen molar-refractivity contribution < 1.29 is 9.59 Å². The van der Waals surface area contributed by atoms with Crippen LogP contribution >= 0.6 is 0 Å². The van der Waals surface area contributed by atoms with Crippen molar-refractivity contribution in [2.45, 2.75) is 13.8 Å². The van der Waals surface area contributed by atoms with E-state index in [1.54, 1.807) is 12.1 Å². The molecule has 5 heteroatoms. The summed E-state index contributed by atoms with van der Waals surface area (Å²) in [6.07, 6.45) is 0. The lowest BCUT2D eigenvalue weighted by atomic mass is 10.0. The van der Waals surface area contributed by atoms with Crippen LogP contribution < -0.4 is 10.6 Å². The smallest absolute Gasteiger partial charge is 0.251 e. The Morgan fingerprint density at radius 3 is 2.08 bits per heavy atom. The summed E-state index contributed by atoms with van der Waals surface area (Å²) in [4.78, 5) is 26.2. The van der Waals surface area contributed by atoms with Crippen molar-refractivity contribution >= 4 is 11.8 Å². The van der Waals surface area contributed by atoms with E-state index in [-0.39, 0.29) is 18.4 Å². The Morgan fingerprint density at radius 2 is 1.46 bits per heavy atom. The zero-order valence-corrected chi connectivity index (χ0v) is 15.5. The molecule has 0 fully saturated rings. The highest BCUT2D eigenvalue weighted by molar-refractivity contribution is 5.96. The van der Waals surface area contributed by atoms with E-state index in [1.807, 2.05) is 42.5 Å². The van der Waals surface area contributed by atoms with E-state index in [1.165, 1.54) is 0 Å². The zero-order valence-electron chi connectivity index (χ0n) is 15.5. The highest BCUT2D eigenvalue weighted by Crippen LogP contribution is 2.19. The molecule has 0 aliphatic carbocycles. The molecule has 0 heterocycles. The first kappa shape index (κ1) is 19.7. The average molecular weight is 353 g/mol. The molecular formula is C21H27N3O2. The maximum atomic E-state index is 12.2. The third-order valence-electron chi connectivity index (χ3n) is 4.31. The van der Waals surface area contributed by atoms with Crippen LogP contribution in [0.2, 0.25) is 0 Å². The molecule has 2 amide bonds. The topological polar surface area (TPSA) is 61.4 Å². The van der Waals surface area contributed by atoms with Crippen molar-refractivity contribution in [3.8, 4) is 11.1 Å². The predicted molar refractivity (Wildman–Crippen MR) is 105 cm³/mol. The van der Waals surface area contributed by atoms with E-state index in [4.69, 9.17) is 0 Å². The molecule has 2 aromatic rings. The fraction of sp³-hybridized carbons (Fsp3) is 0.333. The van der Waals surface area contributed by atoms with Crippen molar-refractivity contribution in [2.24, 2.45) is 0 Å². The number of carbonyl (C=O) groups is 2. The summed E-state index contributed by atoms with van der Waals surface area (Å²) >= 11 is 0. The van der Waals surface area contributed by atoms with Crippen LogP contribution in [0.3, 0.4) is 0 Å². The van der Waals surface area contributed by atoms with E-state index >= 15 is 0 Å². The number of hydrogen-bond acceptors (Lipinski definition) is 3. The molecule has 0 radical (unpaired) electrons. The number of carbonyl (C=O) groups excluding carboxylic acids is 2. The lowest BCUT2D eigenvalue weighted by molar-refractivity contribution is -0.120. The molecule has 2 N–H and O–H groups in total. The standard InChI is InChI=1S/C21H27N3O2/c1-3-24(4-2)15-14-22-20(25)16-23-21(26)19-12-10-18(11-13-19)17-8-6-5-7-9-17/h5-13H,3-4,14-16H2,1-2H3,(H,22,25)(H,23,26). The van der Waals surface area contributed by atoms with Crippen LogP contribution in [0, 0.1) is 0 Å². The fourth-order valence-electron chi connectivity index (χ4n) is 2.66. The summed E-state index contributed by atoms with van der Waals surface area (Å²) < 4.78 is 0. The van der Waals surface area contributed by atoms with Gasteiger partial charge in [0, 0.05) is 18.7 Å². The Kier molecular flexibility index (Phi) is 7.83. The highest BCUT2D eigenvalue weighted by Gasteiger charge is 2.08. The molecule has 2 rings (SSSR count). The number of nitrogens with one attached hydrogen (secondary N) is 2. The van der Waals surface area contributed by atoms with Crippen LogP contribution in [-0.4, -0.2) is 49.4 Å². The van der Waals surface area contributed by atoms with Crippen molar-refractivity contribution in [1.82, 2.24) is 15.5 Å². The van der Waals surface area contributed by atoms with E-state index < -0.39 is 0 Å². The molecule has 0 saturated carbocycles. The van der Waals surface area contributed by atoms with Crippen LogP contribution in [0.15, 0.2) is 54.6 Å². The van der Waals surface area contributed by atoms with Crippen molar-refractivity contribution in [3.05, 3.63) is 60.2 Å². The Hall–Kier alpha value is -2.66. The van der Waals surface area contributed by atoms with Gasteiger partial charge in [0.15, 0.2) is 0 Å². The molecule has 138 valence electrons. The molecule has 0 atom stereocenters. The lowest BCUT2D eigenvalue weighted by Crippen LogP contribution is -2.40. The summed E-state index contributed by atoms with van der Waals surface area (Å²) in [5, 5.41) is 5.48. The molecule has 0 unspecified atom stereocenters. The van der Waals surface area contributed by atoms with E-state index in [9.17, 15) is 9.59 Å². The van der Waals surface area contributed by atoms with Gasteiger partial charge in [-0.2, -0.15) is 0 Å². The van der Waals surface area contributed by atoms with Gasteiger partial charge < -0.3 is 15.5 Å². The molecular weight excluding hydrogens is 326 g/mol. The van der Waals surface area contributed by atoms with Crippen LogP contribution in [0.25, 0.3) is 11.1 Å². The number of amides is 2. The highest BCUT2D eigenvalue weighted by atomic mass is 16.2. The second kappa shape index (κ2) is 10.4. The fourth-order valence-corrected chi connectivity index (χ4v) is 2.66. The van der Waals surface area contributed by atoms with Crippen LogP contribution in [0.5, 0.6) is 0 Å². The first-order valence-electron chi connectivity index (χ1n) is 9.06. The summed E-state index contributed by atoms with van der Waals surface area (Å²) in [7, 11) is 0. The van der Waals surface area contributed by atoms with Gasteiger partial charge in [-0.05, 0) is 36.3 Å². The molecule has 0 bridgehead atoms. The molecule has 0 aliphatic rings. The maximum absolute atomic E-state index is 12.2. The van der Waals surface area contributed by atoms with Crippen LogP contribution in [-0.2, 0) is 4.79 Å². The van der Waals surface area contributed by atoms with Gasteiger partial charge in [0.05, 0.1) is 6.54 Å². The average Bonchev–Trinajstić information content (AvgIpc) is 2.70. The van der Waals surface area contributed by atoms with E-state index in [0.29, 0.717) is 12.1 Å². The Morgan fingerprint density at radius 1 is 0.846 bits per heavy atom. The summed E-state index contributed by atoms with van der Waals surface area (Å²) in [6.45, 7) is 7.49. The predicted octanol–water partition coefficient (Wildman–Crippen LogP) is 2.54. The third-order valence-corrected chi connectivity index (χ3v) is 4.31. The minimum Gasteiger partial charge on any atom is -0.353 e. The largest absolute Gasteiger partial charge is 0.353 e. The first-order chi connectivity index (χ1) is 12.6. The molecule has 2 aromatic carbocycles. The molecule has 0 spiro atoms.